The largest absolute Gasteiger partial charge is 0.347 e. The highest BCUT2D eigenvalue weighted by Crippen LogP contribution is 2.32. The third kappa shape index (κ3) is 4.02. The average molecular weight is 322 g/mol. The molecule has 1 aromatic carbocycles. The van der Waals surface area contributed by atoms with E-state index < -0.39 is 0 Å². The van der Waals surface area contributed by atoms with Gasteiger partial charge in [0.25, 0.3) is 5.91 Å². The van der Waals surface area contributed by atoms with E-state index in [1.807, 2.05) is 24.3 Å². The summed E-state index contributed by atoms with van der Waals surface area (Å²) in [6.07, 6.45) is 6.88. The minimum absolute atomic E-state index is 0.143. The summed E-state index contributed by atoms with van der Waals surface area (Å²) < 4.78 is 0. The van der Waals surface area contributed by atoms with Gasteiger partial charge in [0.15, 0.2) is 6.54 Å². The van der Waals surface area contributed by atoms with Crippen LogP contribution in [-0.4, -0.2) is 25.5 Å². The molecule has 120 valence electrons. The smallest absolute Gasteiger partial charge is 0.275 e. The highest BCUT2D eigenvalue weighted by molar-refractivity contribution is 6.31. The second-order valence-corrected chi connectivity index (χ2v) is 7.25. The zero-order valence-corrected chi connectivity index (χ0v) is 13.9. The number of rotatable bonds is 4. The zero-order valence-electron chi connectivity index (χ0n) is 13.1. The van der Waals surface area contributed by atoms with E-state index in [9.17, 15) is 4.79 Å². The standard InChI is InChI=1S/C18H25ClN2O/c19-17-8-4-3-6-15(17)11-20-18(22)13-21-10-9-14-5-1-2-7-16(14)12-21/h3-4,6,8,14,16H,1-2,5,7,9-13H2,(H,20,22)/p+1/t14-,16-/m1/s1. The van der Waals surface area contributed by atoms with Crippen LogP contribution in [0.4, 0.5) is 0 Å². The van der Waals surface area contributed by atoms with Gasteiger partial charge in [0.05, 0.1) is 13.1 Å². The fourth-order valence-electron chi connectivity index (χ4n) is 4.08. The molecule has 0 spiro atoms. The molecule has 0 radical (unpaired) electrons. The van der Waals surface area contributed by atoms with Gasteiger partial charge >= 0.3 is 0 Å². The van der Waals surface area contributed by atoms with Crippen molar-refractivity contribution < 1.29 is 9.69 Å². The monoisotopic (exact) mass is 321 g/mol. The molecule has 2 N–H and O–H groups in total. The summed E-state index contributed by atoms with van der Waals surface area (Å²) in [5.41, 5.74) is 0.985. The van der Waals surface area contributed by atoms with Crippen LogP contribution >= 0.6 is 11.6 Å². The van der Waals surface area contributed by atoms with Crippen LogP contribution in [0.2, 0.25) is 5.02 Å². The van der Waals surface area contributed by atoms with Crippen molar-refractivity contribution in [1.82, 2.24) is 5.32 Å². The first-order valence-corrected chi connectivity index (χ1v) is 8.94. The predicted octanol–water partition coefficient (Wildman–Crippen LogP) is 2.05. The SMILES string of the molecule is O=C(C[NH+]1CC[C@H]2CCCC[C@@H]2C1)NCc1ccccc1Cl. The van der Waals surface area contributed by atoms with Gasteiger partial charge in [-0.2, -0.15) is 0 Å². The van der Waals surface area contributed by atoms with Gasteiger partial charge in [0.2, 0.25) is 0 Å². The molecule has 3 atom stereocenters. The third-order valence-corrected chi connectivity index (χ3v) is 5.70. The number of carbonyl (C=O) groups is 1. The van der Waals surface area contributed by atoms with E-state index in [0.29, 0.717) is 13.1 Å². The van der Waals surface area contributed by atoms with Gasteiger partial charge in [-0.05, 0) is 36.8 Å². The lowest BCUT2D eigenvalue weighted by Crippen LogP contribution is -3.15. The summed E-state index contributed by atoms with van der Waals surface area (Å²) in [6.45, 7) is 3.47. The number of carbonyl (C=O) groups excluding carboxylic acids is 1. The Morgan fingerprint density at radius 3 is 2.77 bits per heavy atom. The zero-order chi connectivity index (χ0) is 15.4. The summed E-state index contributed by atoms with van der Waals surface area (Å²) in [6, 6.07) is 7.68. The molecule has 0 bridgehead atoms. The number of hydrogen-bond acceptors (Lipinski definition) is 1. The van der Waals surface area contributed by atoms with Gasteiger partial charge in [-0.25, -0.2) is 0 Å². The van der Waals surface area contributed by atoms with Crippen molar-refractivity contribution in [3.8, 4) is 0 Å². The molecule has 3 nitrogen and oxygen atoms in total. The predicted molar refractivity (Wildman–Crippen MR) is 88.9 cm³/mol. The van der Waals surface area contributed by atoms with Crippen molar-refractivity contribution in [1.29, 1.82) is 0 Å². The van der Waals surface area contributed by atoms with Crippen LogP contribution in [0.1, 0.15) is 37.7 Å². The van der Waals surface area contributed by atoms with Gasteiger partial charge < -0.3 is 10.2 Å². The second-order valence-electron chi connectivity index (χ2n) is 6.84. The molecule has 1 unspecified atom stereocenters. The molecular formula is C18H26ClN2O+. The van der Waals surface area contributed by atoms with E-state index in [-0.39, 0.29) is 5.91 Å². The van der Waals surface area contributed by atoms with Gasteiger partial charge in [-0.3, -0.25) is 4.79 Å². The Kier molecular flexibility index (Phi) is 5.37. The summed E-state index contributed by atoms with van der Waals surface area (Å²) in [4.78, 5) is 13.6. The number of likely N-dealkylation sites (tertiary alicyclic amines) is 1. The van der Waals surface area contributed by atoms with Gasteiger partial charge in [0, 0.05) is 17.5 Å². The average Bonchev–Trinajstić information content (AvgIpc) is 2.54. The summed E-state index contributed by atoms with van der Waals surface area (Å²) in [5.74, 6) is 1.93. The molecule has 22 heavy (non-hydrogen) atoms. The molecule has 2 fully saturated rings. The minimum atomic E-state index is 0.143. The molecule has 0 aromatic heterocycles. The number of hydrogen-bond donors (Lipinski definition) is 2. The maximum Gasteiger partial charge on any atom is 0.275 e. The maximum atomic E-state index is 12.2. The molecule has 1 aliphatic carbocycles. The Balaban J connectivity index is 1.45. The summed E-state index contributed by atoms with van der Waals surface area (Å²) in [5, 5.41) is 3.74. The first-order valence-electron chi connectivity index (χ1n) is 8.56. The van der Waals surface area contributed by atoms with E-state index >= 15 is 0 Å². The van der Waals surface area contributed by atoms with Crippen LogP contribution < -0.4 is 10.2 Å². The molecule has 3 rings (SSSR count). The molecule has 1 saturated carbocycles. The van der Waals surface area contributed by atoms with Gasteiger partial charge in [-0.1, -0.05) is 42.6 Å². The molecule has 1 aliphatic heterocycles. The third-order valence-electron chi connectivity index (χ3n) is 5.33. The van der Waals surface area contributed by atoms with Gasteiger partial charge in [0.1, 0.15) is 0 Å². The van der Waals surface area contributed by atoms with Crippen LogP contribution in [-0.2, 0) is 11.3 Å². The number of benzene rings is 1. The molecule has 1 saturated heterocycles. The quantitative estimate of drug-likeness (QED) is 0.874. The number of nitrogens with one attached hydrogen (secondary N) is 2. The molecular weight excluding hydrogens is 296 g/mol. The lowest BCUT2D eigenvalue weighted by Gasteiger charge is -2.38. The summed E-state index contributed by atoms with van der Waals surface area (Å²) >= 11 is 6.12. The second kappa shape index (κ2) is 7.47. The van der Waals surface area contributed by atoms with Crippen LogP contribution in [0.15, 0.2) is 24.3 Å². The Labute approximate surface area is 138 Å². The number of quaternary nitrogens is 1. The topological polar surface area (TPSA) is 33.5 Å². The van der Waals surface area contributed by atoms with E-state index in [2.05, 4.69) is 5.32 Å². The Morgan fingerprint density at radius 2 is 1.95 bits per heavy atom. The minimum Gasteiger partial charge on any atom is -0.347 e. The molecule has 4 heteroatoms. The van der Waals surface area contributed by atoms with Crippen LogP contribution in [0.25, 0.3) is 0 Å². The number of halogens is 1. The van der Waals surface area contributed by atoms with Crippen molar-refractivity contribution >= 4 is 17.5 Å². The lowest BCUT2D eigenvalue weighted by atomic mass is 9.75. The fourth-order valence-corrected chi connectivity index (χ4v) is 4.28. The molecule has 1 heterocycles. The van der Waals surface area contributed by atoms with Crippen LogP contribution in [0.3, 0.4) is 0 Å². The lowest BCUT2D eigenvalue weighted by molar-refractivity contribution is -0.902. The van der Waals surface area contributed by atoms with E-state index in [1.54, 1.807) is 0 Å². The van der Waals surface area contributed by atoms with Crippen LogP contribution in [0.5, 0.6) is 0 Å². The van der Waals surface area contributed by atoms with Crippen molar-refractivity contribution in [2.24, 2.45) is 11.8 Å². The van der Waals surface area contributed by atoms with Crippen molar-refractivity contribution in [2.45, 2.75) is 38.6 Å². The first-order chi connectivity index (χ1) is 10.7. The molecule has 2 aliphatic rings. The van der Waals surface area contributed by atoms with Crippen molar-refractivity contribution in [3.05, 3.63) is 34.9 Å². The number of piperidine rings is 1. The highest BCUT2D eigenvalue weighted by atomic mass is 35.5. The van der Waals surface area contributed by atoms with Crippen LogP contribution in [0, 0.1) is 11.8 Å². The Bertz CT molecular complexity index is 520. The Hall–Kier alpha value is -1.06. The van der Waals surface area contributed by atoms with E-state index in [1.165, 1.54) is 43.5 Å². The van der Waals surface area contributed by atoms with E-state index in [0.717, 1.165) is 29.0 Å². The fraction of sp³-hybridized carbons (Fsp3) is 0.611. The highest BCUT2D eigenvalue weighted by Gasteiger charge is 2.34. The molecule has 1 aromatic rings. The first kappa shape index (κ1) is 15.8. The maximum absolute atomic E-state index is 12.2. The Morgan fingerprint density at radius 1 is 1.18 bits per heavy atom. The normalized spacial score (nSPS) is 28.0. The van der Waals surface area contributed by atoms with Crippen molar-refractivity contribution in [3.63, 3.8) is 0 Å². The number of amides is 1. The van der Waals surface area contributed by atoms with E-state index in [4.69, 9.17) is 11.6 Å². The molecule has 1 amide bonds. The van der Waals surface area contributed by atoms with Crippen molar-refractivity contribution in [2.75, 3.05) is 19.6 Å². The summed E-state index contributed by atoms with van der Waals surface area (Å²) in [7, 11) is 0. The van der Waals surface area contributed by atoms with Gasteiger partial charge in [-0.15, -0.1) is 0 Å². The number of fused-ring (bicyclic) bond motifs is 1.